The van der Waals surface area contributed by atoms with Crippen LogP contribution in [0.15, 0.2) is 54.3 Å². The highest BCUT2D eigenvalue weighted by Gasteiger charge is 2.32. The van der Waals surface area contributed by atoms with Gasteiger partial charge >= 0.3 is 0 Å². The zero-order chi connectivity index (χ0) is 24.5. The number of Topliss-reactive ketones (excluding diaryl/α,β-unsaturated/α-hetero) is 1. The van der Waals surface area contributed by atoms with Gasteiger partial charge in [-0.3, -0.25) is 9.69 Å². The Hall–Kier alpha value is -3.51. The smallest absolute Gasteiger partial charge is 0.142 e. The van der Waals surface area contributed by atoms with E-state index in [1.54, 1.807) is 12.3 Å². The molecule has 6 nitrogen and oxygen atoms in total. The SMILES string of the molecule is O=C1CC2=C[C@H](c3ccc(OCCN4CCCCC4)cc3)OC=C2c2c(O)cc3c(c2C1)OCC=C3. The monoisotopic (exact) mass is 485 g/mol. The molecule has 0 bridgehead atoms. The normalized spacial score (nSPS) is 21.1. The molecule has 6 rings (SSSR count). The molecule has 0 amide bonds. The maximum atomic E-state index is 12.9. The number of rotatable bonds is 5. The summed E-state index contributed by atoms with van der Waals surface area (Å²) in [6.07, 6.45) is 11.6. The number of carbonyl (C=O) groups is 1. The van der Waals surface area contributed by atoms with Crippen molar-refractivity contribution >= 4 is 17.4 Å². The standard InChI is InChI=1S/C30H31NO5/c32-23-15-22-17-28(20-6-8-24(9-7-20)34-14-12-31-10-2-1-3-11-31)36-19-26(22)29-25(18-23)30-21(16-27(29)33)5-4-13-35-30/h4-9,16-17,19,28,33H,1-3,10-15,18H2/t28-/m1/s1. The summed E-state index contributed by atoms with van der Waals surface area (Å²) in [7, 11) is 0. The first-order valence-corrected chi connectivity index (χ1v) is 12.9. The summed E-state index contributed by atoms with van der Waals surface area (Å²) in [6.45, 7) is 4.44. The van der Waals surface area contributed by atoms with Gasteiger partial charge in [-0.1, -0.05) is 24.6 Å². The second kappa shape index (κ2) is 9.86. The zero-order valence-corrected chi connectivity index (χ0v) is 20.4. The molecule has 0 aromatic heterocycles. The fourth-order valence-electron chi connectivity index (χ4n) is 5.58. The minimum Gasteiger partial charge on any atom is -0.507 e. The third-order valence-electron chi connectivity index (χ3n) is 7.40. The molecular weight excluding hydrogens is 454 g/mol. The quantitative estimate of drug-likeness (QED) is 0.627. The second-order valence-electron chi connectivity index (χ2n) is 9.87. The number of ether oxygens (including phenoxy) is 3. The van der Waals surface area contributed by atoms with Gasteiger partial charge in [0, 0.05) is 41.6 Å². The number of hydrogen-bond donors (Lipinski definition) is 1. The Morgan fingerprint density at radius 2 is 1.92 bits per heavy atom. The van der Waals surface area contributed by atoms with Gasteiger partial charge in [-0.15, -0.1) is 0 Å². The predicted molar refractivity (Wildman–Crippen MR) is 138 cm³/mol. The molecule has 3 heterocycles. The van der Waals surface area contributed by atoms with E-state index in [4.69, 9.17) is 14.2 Å². The second-order valence-corrected chi connectivity index (χ2v) is 9.87. The number of aromatic hydroxyl groups is 1. The molecular formula is C30H31NO5. The Kier molecular flexibility index (Phi) is 6.28. The van der Waals surface area contributed by atoms with Crippen molar-refractivity contribution in [3.05, 3.63) is 76.6 Å². The molecule has 186 valence electrons. The maximum Gasteiger partial charge on any atom is 0.142 e. The topological polar surface area (TPSA) is 68.2 Å². The van der Waals surface area contributed by atoms with Crippen LogP contribution in [0.4, 0.5) is 0 Å². The van der Waals surface area contributed by atoms with Gasteiger partial charge in [-0.2, -0.15) is 0 Å². The van der Waals surface area contributed by atoms with Gasteiger partial charge in [-0.05, 0) is 67.4 Å². The number of ketones is 1. The lowest BCUT2D eigenvalue weighted by atomic mass is 9.90. The lowest BCUT2D eigenvalue weighted by molar-refractivity contribution is -0.117. The number of likely N-dealkylation sites (tertiary alicyclic amines) is 1. The molecule has 1 fully saturated rings. The maximum absolute atomic E-state index is 12.9. The molecule has 1 N–H and O–H groups in total. The van der Waals surface area contributed by atoms with Gasteiger partial charge in [0.25, 0.3) is 0 Å². The van der Waals surface area contributed by atoms with Crippen LogP contribution < -0.4 is 9.47 Å². The fraction of sp³-hybridized carbons (Fsp3) is 0.367. The van der Waals surface area contributed by atoms with E-state index < -0.39 is 0 Å². The van der Waals surface area contributed by atoms with E-state index in [2.05, 4.69) is 4.90 Å². The molecule has 1 saturated heterocycles. The van der Waals surface area contributed by atoms with Crippen LogP contribution in [0.5, 0.6) is 17.2 Å². The average molecular weight is 486 g/mol. The Balaban J connectivity index is 1.19. The van der Waals surface area contributed by atoms with Crippen molar-refractivity contribution in [1.82, 2.24) is 4.90 Å². The number of nitrogens with zero attached hydrogens (tertiary/aromatic N) is 1. The predicted octanol–water partition coefficient (Wildman–Crippen LogP) is 5.22. The molecule has 4 aliphatic rings. The number of benzene rings is 2. The van der Waals surface area contributed by atoms with E-state index in [0.717, 1.165) is 40.1 Å². The first-order valence-electron chi connectivity index (χ1n) is 12.9. The molecule has 0 saturated carbocycles. The van der Waals surface area contributed by atoms with Gasteiger partial charge in [0.2, 0.25) is 0 Å². The number of hydrogen-bond acceptors (Lipinski definition) is 6. The van der Waals surface area contributed by atoms with Gasteiger partial charge < -0.3 is 19.3 Å². The molecule has 0 spiro atoms. The lowest BCUT2D eigenvalue weighted by Gasteiger charge is -2.26. The van der Waals surface area contributed by atoms with Gasteiger partial charge in [0.1, 0.15) is 42.3 Å². The summed E-state index contributed by atoms with van der Waals surface area (Å²) < 4.78 is 18.0. The van der Waals surface area contributed by atoms with Crippen LogP contribution in [0.2, 0.25) is 0 Å². The van der Waals surface area contributed by atoms with Crippen molar-refractivity contribution in [2.24, 2.45) is 0 Å². The Morgan fingerprint density at radius 3 is 2.75 bits per heavy atom. The van der Waals surface area contributed by atoms with Crippen LogP contribution in [0.25, 0.3) is 11.6 Å². The minimum absolute atomic E-state index is 0.0926. The van der Waals surface area contributed by atoms with Crippen LogP contribution in [-0.2, 0) is 16.0 Å². The molecule has 36 heavy (non-hydrogen) atoms. The van der Waals surface area contributed by atoms with Crippen molar-refractivity contribution in [1.29, 1.82) is 0 Å². The van der Waals surface area contributed by atoms with Crippen molar-refractivity contribution in [2.45, 2.75) is 38.2 Å². The van der Waals surface area contributed by atoms with Crippen molar-refractivity contribution in [3.63, 3.8) is 0 Å². The Bertz CT molecular complexity index is 1250. The van der Waals surface area contributed by atoms with Gasteiger partial charge in [0.05, 0.1) is 6.26 Å². The summed E-state index contributed by atoms with van der Waals surface area (Å²) in [4.78, 5) is 15.4. The number of fused-ring (bicyclic) bond motifs is 5. The molecule has 6 heteroatoms. The summed E-state index contributed by atoms with van der Waals surface area (Å²) in [5.74, 6) is 1.75. The van der Waals surface area contributed by atoms with E-state index in [0.29, 0.717) is 30.9 Å². The number of carbonyl (C=O) groups excluding carboxylic acids is 1. The van der Waals surface area contributed by atoms with E-state index in [1.807, 2.05) is 42.5 Å². The highest BCUT2D eigenvalue weighted by atomic mass is 16.5. The summed E-state index contributed by atoms with van der Waals surface area (Å²) in [5.41, 5.74) is 4.79. The largest absolute Gasteiger partial charge is 0.507 e. The molecule has 2 aromatic carbocycles. The summed E-state index contributed by atoms with van der Waals surface area (Å²) in [5, 5.41) is 10.9. The molecule has 0 unspecified atom stereocenters. The number of phenolic OH excluding ortho intramolecular Hbond substituents is 1. The molecule has 3 aliphatic heterocycles. The Morgan fingerprint density at radius 1 is 1.08 bits per heavy atom. The Labute approximate surface area is 211 Å². The van der Waals surface area contributed by atoms with Gasteiger partial charge in [-0.25, -0.2) is 0 Å². The number of piperidine rings is 1. The zero-order valence-electron chi connectivity index (χ0n) is 20.4. The van der Waals surface area contributed by atoms with Crippen LogP contribution in [-0.4, -0.2) is 48.6 Å². The summed E-state index contributed by atoms with van der Waals surface area (Å²) in [6, 6.07) is 9.68. The third-order valence-corrected chi connectivity index (χ3v) is 7.40. The third kappa shape index (κ3) is 4.53. The number of phenols is 1. The van der Waals surface area contributed by atoms with Crippen molar-refractivity contribution in [2.75, 3.05) is 32.8 Å². The van der Waals surface area contributed by atoms with Crippen molar-refractivity contribution in [3.8, 4) is 17.2 Å². The first kappa shape index (κ1) is 22.9. The van der Waals surface area contributed by atoms with Crippen molar-refractivity contribution < 1.29 is 24.1 Å². The molecule has 1 atom stereocenters. The highest BCUT2D eigenvalue weighted by molar-refractivity contribution is 5.98. The van der Waals surface area contributed by atoms with E-state index in [9.17, 15) is 9.90 Å². The summed E-state index contributed by atoms with van der Waals surface area (Å²) >= 11 is 0. The number of allylic oxidation sites excluding steroid dienone is 2. The fourth-order valence-corrected chi connectivity index (χ4v) is 5.58. The minimum atomic E-state index is -0.306. The van der Waals surface area contributed by atoms with Crippen LogP contribution in [0, 0.1) is 0 Å². The first-order chi connectivity index (χ1) is 17.7. The highest BCUT2D eigenvalue weighted by Crippen LogP contribution is 2.47. The van der Waals surface area contributed by atoms with E-state index in [-0.39, 0.29) is 24.1 Å². The molecule has 1 aliphatic carbocycles. The van der Waals surface area contributed by atoms with E-state index in [1.165, 1.54) is 32.4 Å². The average Bonchev–Trinajstić information content (AvgIpc) is 3.05. The van der Waals surface area contributed by atoms with Crippen LogP contribution in [0.1, 0.15) is 54.0 Å². The molecule has 2 aromatic rings. The van der Waals surface area contributed by atoms with Crippen LogP contribution in [0.3, 0.4) is 0 Å². The lowest BCUT2D eigenvalue weighted by Crippen LogP contribution is -2.33. The molecule has 0 radical (unpaired) electrons. The van der Waals surface area contributed by atoms with E-state index >= 15 is 0 Å². The van der Waals surface area contributed by atoms with Gasteiger partial charge in [0.15, 0.2) is 0 Å². The van der Waals surface area contributed by atoms with Crippen LogP contribution >= 0.6 is 0 Å².